The molecule has 1 aliphatic rings. The third-order valence-corrected chi connectivity index (χ3v) is 5.85. The van der Waals surface area contributed by atoms with Crippen LogP contribution in [0.5, 0.6) is 0 Å². The van der Waals surface area contributed by atoms with Crippen molar-refractivity contribution in [3.8, 4) is 0 Å². The van der Waals surface area contributed by atoms with Crippen LogP contribution in [0.25, 0.3) is 0 Å². The molecule has 1 aliphatic heterocycles. The molecule has 146 valence electrons. The molecule has 2 rings (SSSR count). The Labute approximate surface area is 166 Å². The number of rotatable bonds is 6. The maximum absolute atomic E-state index is 5.88. The lowest BCUT2D eigenvalue weighted by Gasteiger charge is -2.41. The first-order chi connectivity index (χ1) is 12.3. The zero-order valence-electron chi connectivity index (χ0n) is 17.5. The van der Waals surface area contributed by atoms with Gasteiger partial charge in [0, 0.05) is 37.4 Å². The number of hydrogen-bond donors (Lipinski definition) is 1. The van der Waals surface area contributed by atoms with Crippen LogP contribution in [-0.4, -0.2) is 46.6 Å². The van der Waals surface area contributed by atoms with Crippen LogP contribution >= 0.6 is 12.2 Å². The van der Waals surface area contributed by atoms with Gasteiger partial charge < -0.3 is 15.1 Å². The highest BCUT2D eigenvalue weighted by molar-refractivity contribution is 7.80. The SMILES string of the molecule is Cc1ccc(C)c(NC(=S)N(CCC(C)C)C2CCN(C(C)C)CC2)c1. The summed E-state index contributed by atoms with van der Waals surface area (Å²) >= 11 is 5.88. The van der Waals surface area contributed by atoms with Crippen molar-refractivity contribution in [2.24, 2.45) is 5.92 Å². The number of hydrogen-bond acceptors (Lipinski definition) is 2. The van der Waals surface area contributed by atoms with E-state index in [9.17, 15) is 0 Å². The molecule has 1 fully saturated rings. The molecule has 0 radical (unpaired) electrons. The molecule has 0 atom stereocenters. The first-order valence-corrected chi connectivity index (χ1v) is 10.6. The zero-order chi connectivity index (χ0) is 19.3. The summed E-state index contributed by atoms with van der Waals surface area (Å²) in [5, 5.41) is 4.44. The second-order valence-electron chi connectivity index (χ2n) is 8.49. The Morgan fingerprint density at radius 3 is 2.42 bits per heavy atom. The molecule has 1 heterocycles. The minimum Gasteiger partial charge on any atom is -0.346 e. The molecule has 1 N–H and O–H groups in total. The zero-order valence-corrected chi connectivity index (χ0v) is 18.3. The third kappa shape index (κ3) is 5.95. The van der Waals surface area contributed by atoms with E-state index in [0.717, 1.165) is 17.3 Å². The molecule has 0 amide bonds. The Bertz CT molecular complexity index is 589. The van der Waals surface area contributed by atoms with Crippen LogP contribution in [0.4, 0.5) is 5.69 Å². The van der Waals surface area contributed by atoms with Crippen molar-refractivity contribution in [3.63, 3.8) is 0 Å². The van der Waals surface area contributed by atoms with Gasteiger partial charge in [-0.2, -0.15) is 0 Å². The second-order valence-corrected chi connectivity index (χ2v) is 8.87. The van der Waals surface area contributed by atoms with Crippen molar-refractivity contribution >= 4 is 23.0 Å². The van der Waals surface area contributed by atoms with Crippen LogP contribution in [0, 0.1) is 19.8 Å². The Hall–Kier alpha value is -1.13. The van der Waals surface area contributed by atoms with Gasteiger partial charge in [-0.25, -0.2) is 0 Å². The Kier molecular flexibility index (Phi) is 7.90. The van der Waals surface area contributed by atoms with E-state index >= 15 is 0 Å². The monoisotopic (exact) mass is 375 g/mol. The van der Waals surface area contributed by atoms with Crippen molar-refractivity contribution in [2.45, 2.75) is 72.9 Å². The van der Waals surface area contributed by atoms with Crippen molar-refractivity contribution in [2.75, 3.05) is 25.0 Å². The highest BCUT2D eigenvalue weighted by Crippen LogP contribution is 2.22. The molecule has 0 unspecified atom stereocenters. The number of likely N-dealkylation sites (tertiary alicyclic amines) is 1. The molecule has 0 saturated carbocycles. The van der Waals surface area contributed by atoms with Crippen molar-refractivity contribution < 1.29 is 0 Å². The Morgan fingerprint density at radius 2 is 1.85 bits per heavy atom. The van der Waals surface area contributed by atoms with Gasteiger partial charge in [-0.15, -0.1) is 0 Å². The molecule has 1 saturated heterocycles. The van der Waals surface area contributed by atoms with Gasteiger partial charge >= 0.3 is 0 Å². The minimum absolute atomic E-state index is 0.550. The van der Waals surface area contributed by atoms with Gasteiger partial charge in [-0.05, 0) is 82.3 Å². The van der Waals surface area contributed by atoms with Crippen LogP contribution in [-0.2, 0) is 0 Å². The van der Waals surface area contributed by atoms with E-state index in [2.05, 4.69) is 74.9 Å². The van der Waals surface area contributed by atoms with Gasteiger partial charge in [0.15, 0.2) is 5.11 Å². The van der Waals surface area contributed by atoms with E-state index in [0.29, 0.717) is 18.0 Å². The van der Waals surface area contributed by atoms with E-state index in [1.165, 1.54) is 43.5 Å². The summed E-state index contributed by atoms with van der Waals surface area (Å²) in [5.74, 6) is 0.691. The number of nitrogens with zero attached hydrogens (tertiary/aromatic N) is 2. The Morgan fingerprint density at radius 1 is 1.19 bits per heavy atom. The molecule has 0 spiro atoms. The van der Waals surface area contributed by atoms with E-state index in [4.69, 9.17) is 12.2 Å². The summed E-state index contributed by atoms with van der Waals surface area (Å²) in [5.41, 5.74) is 3.65. The highest BCUT2D eigenvalue weighted by Gasteiger charge is 2.27. The van der Waals surface area contributed by atoms with Crippen LogP contribution < -0.4 is 5.32 Å². The number of benzene rings is 1. The summed E-state index contributed by atoms with van der Waals surface area (Å²) in [7, 11) is 0. The van der Waals surface area contributed by atoms with Crippen LogP contribution in [0.1, 0.15) is 58.1 Å². The molecule has 1 aromatic rings. The number of aryl methyl sites for hydroxylation is 2. The largest absolute Gasteiger partial charge is 0.346 e. The fourth-order valence-corrected chi connectivity index (χ4v) is 3.97. The summed E-state index contributed by atoms with van der Waals surface area (Å²) in [6.07, 6.45) is 3.58. The molecular formula is C22H37N3S. The number of piperidine rings is 1. The van der Waals surface area contributed by atoms with Gasteiger partial charge in [0.05, 0.1) is 0 Å². The maximum atomic E-state index is 5.88. The summed E-state index contributed by atoms with van der Waals surface area (Å²) in [4.78, 5) is 5.05. The maximum Gasteiger partial charge on any atom is 0.173 e. The predicted molar refractivity (Wildman–Crippen MR) is 118 cm³/mol. The molecule has 0 aromatic heterocycles. The molecule has 3 nitrogen and oxygen atoms in total. The fraction of sp³-hybridized carbons (Fsp3) is 0.682. The van der Waals surface area contributed by atoms with Crippen molar-refractivity contribution in [1.29, 1.82) is 0 Å². The van der Waals surface area contributed by atoms with E-state index in [1.54, 1.807) is 0 Å². The standard InChI is InChI=1S/C22H37N3S/c1-16(2)9-14-25(20-10-12-24(13-11-20)17(3)4)22(26)23-21-15-18(5)7-8-19(21)6/h7-8,15-17,20H,9-14H2,1-6H3,(H,23,26). The van der Waals surface area contributed by atoms with Gasteiger partial charge in [0.2, 0.25) is 0 Å². The van der Waals surface area contributed by atoms with E-state index in [1.807, 2.05) is 0 Å². The van der Waals surface area contributed by atoms with Gasteiger partial charge in [-0.3, -0.25) is 0 Å². The van der Waals surface area contributed by atoms with Crippen LogP contribution in [0.15, 0.2) is 18.2 Å². The van der Waals surface area contributed by atoms with Crippen molar-refractivity contribution in [3.05, 3.63) is 29.3 Å². The Balaban J connectivity index is 2.08. The summed E-state index contributed by atoms with van der Waals surface area (Å²) in [6, 6.07) is 7.71. The average Bonchev–Trinajstić information content (AvgIpc) is 2.58. The topological polar surface area (TPSA) is 18.5 Å². The van der Waals surface area contributed by atoms with E-state index in [-0.39, 0.29) is 0 Å². The van der Waals surface area contributed by atoms with Gasteiger partial charge in [0.1, 0.15) is 0 Å². The summed E-state index contributed by atoms with van der Waals surface area (Å²) in [6.45, 7) is 16.8. The average molecular weight is 376 g/mol. The van der Waals surface area contributed by atoms with Crippen molar-refractivity contribution in [1.82, 2.24) is 9.80 Å². The quantitative estimate of drug-likeness (QED) is 0.687. The van der Waals surface area contributed by atoms with Gasteiger partial charge in [-0.1, -0.05) is 26.0 Å². The fourth-order valence-electron chi connectivity index (χ4n) is 3.62. The molecule has 0 aliphatic carbocycles. The van der Waals surface area contributed by atoms with Gasteiger partial charge in [0.25, 0.3) is 0 Å². The lowest BCUT2D eigenvalue weighted by molar-refractivity contribution is 0.126. The first-order valence-electron chi connectivity index (χ1n) is 10.2. The highest BCUT2D eigenvalue weighted by atomic mass is 32.1. The lowest BCUT2D eigenvalue weighted by Crippen LogP contribution is -2.50. The molecule has 4 heteroatoms. The number of thiocarbonyl (C=S) groups is 1. The molecule has 26 heavy (non-hydrogen) atoms. The smallest absolute Gasteiger partial charge is 0.173 e. The lowest BCUT2D eigenvalue weighted by atomic mass is 10.0. The first kappa shape index (κ1) is 21.2. The predicted octanol–water partition coefficient (Wildman–Crippen LogP) is 5.22. The molecule has 0 bridgehead atoms. The number of anilines is 1. The molecule has 1 aromatic carbocycles. The normalized spacial score (nSPS) is 16.3. The van der Waals surface area contributed by atoms with Crippen LogP contribution in [0.3, 0.4) is 0 Å². The minimum atomic E-state index is 0.550. The third-order valence-electron chi connectivity index (χ3n) is 5.51. The van der Waals surface area contributed by atoms with E-state index < -0.39 is 0 Å². The summed E-state index contributed by atoms with van der Waals surface area (Å²) < 4.78 is 0. The molecular weight excluding hydrogens is 338 g/mol. The second kappa shape index (κ2) is 9.70. The number of nitrogens with one attached hydrogen (secondary N) is 1. The van der Waals surface area contributed by atoms with Crippen LogP contribution in [0.2, 0.25) is 0 Å².